The van der Waals surface area contributed by atoms with Gasteiger partial charge in [0.05, 0.1) is 5.92 Å². The highest BCUT2D eigenvalue weighted by molar-refractivity contribution is 5.69. The number of phenols is 1. The van der Waals surface area contributed by atoms with Crippen LogP contribution in [0.15, 0.2) is 12.1 Å². The highest BCUT2D eigenvalue weighted by atomic mass is 16.4. The molecule has 3 heteroatoms. The van der Waals surface area contributed by atoms with E-state index in [1.807, 2.05) is 12.1 Å². The maximum absolute atomic E-state index is 11.0. The molecular weight excluding hydrogens is 276 g/mol. The van der Waals surface area contributed by atoms with E-state index in [-0.39, 0.29) is 16.7 Å². The van der Waals surface area contributed by atoms with Crippen LogP contribution in [0.5, 0.6) is 5.75 Å². The minimum absolute atomic E-state index is 0.154. The first-order chi connectivity index (χ1) is 9.84. The van der Waals surface area contributed by atoms with Crippen LogP contribution in [-0.2, 0) is 22.0 Å². The van der Waals surface area contributed by atoms with Crippen LogP contribution in [0.25, 0.3) is 0 Å². The number of aliphatic carboxylic acids is 1. The zero-order valence-corrected chi connectivity index (χ0v) is 14.9. The number of carboxylic acid groups (broad SMARTS) is 1. The van der Waals surface area contributed by atoms with Crippen molar-refractivity contribution in [1.29, 1.82) is 0 Å². The average molecular weight is 306 g/mol. The molecule has 1 atom stereocenters. The smallest absolute Gasteiger partial charge is 0.306 e. The summed E-state index contributed by atoms with van der Waals surface area (Å²) in [7, 11) is 0. The lowest BCUT2D eigenvalue weighted by Crippen LogP contribution is -2.18. The van der Waals surface area contributed by atoms with Crippen molar-refractivity contribution in [3.63, 3.8) is 0 Å². The Morgan fingerprint density at radius 1 is 1.05 bits per heavy atom. The van der Waals surface area contributed by atoms with Gasteiger partial charge in [0, 0.05) is 0 Å². The van der Waals surface area contributed by atoms with Crippen LogP contribution in [0.1, 0.15) is 71.6 Å². The fraction of sp³-hybridized carbons (Fsp3) is 0.632. The molecule has 0 aliphatic rings. The van der Waals surface area contributed by atoms with Gasteiger partial charge in [0.15, 0.2) is 0 Å². The second-order valence-electron chi connectivity index (χ2n) is 8.32. The number of aryl methyl sites for hydroxylation is 1. The van der Waals surface area contributed by atoms with Crippen molar-refractivity contribution in [2.24, 2.45) is 5.92 Å². The van der Waals surface area contributed by atoms with Gasteiger partial charge in [-0.3, -0.25) is 4.79 Å². The van der Waals surface area contributed by atoms with E-state index in [1.54, 1.807) is 6.92 Å². The van der Waals surface area contributed by atoms with Gasteiger partial charge in [0.1, 0.15) is 5.75 Å². The number of benzene rings is 1. The van der Waals surface area contributed by atoms with E-state index in [0.717, 1.165) is 16.7 Å². The molecule has 0 radical (unpaired) electrons. The van der Waals surface area contributed by atoms with Crippen LogP contribution in [-0.4, -0.2) is 16.2 Å². The molecule has 1 rings (SSSR count). The van der Waals surface area contributed by atoms with E-state index in [4.69, 9.17) is 5.11 Å². The van der Waals surface area contributed by atoms with Gasteiger partial charge in [0.2, 0.25) is 0 Å². The molecule has 22 heavy (non-hydrogen) atoms. The molecule has 0 saturated carbocycles. The monoisotopic (exact) mass is 306 g/mol. The summed E-state index contributed by atoms with van der Waals surface area (Å²) >= 11 is 0. The van der Waals surface area contributed by atoms with Crippen LogP contribution in [0.2, 0.25) is 0 Å². The van der Waals surface area contributed by atoms with Gasteiger partial charge in [-0.1, -0.05) is 60.6 Å². The SMILES string of the molecule is CC(CCc1cc(C(C)(C)C)c(O)c(C(C)(C)C)c1)C(=O)O. The molecular formula is C19H30O3. The lowest BCUT2D eigenvalue weighted by Gasteiger charge is -2.28. The molecule has 0 aliphatic carbocycles. The summed E-state index contributed by atoms with van der Waals surface area (Å²) in [6, 6.07) is 4.05. The Balaban J connectivity index is 3.27. The van der Waals surface area contributed by atoms with Gasteiger partial charge in [0.25, 0.3) is 0 Å². The van der Waals surface area contributed by atoms with Crippen LogP contribution >= 0.6 is 0 Å². The standard InChI is InChI=1S/C19H30O3/c1-12(17(21)22)8-9-13-10-14(18(2,3)4)16(20)15(11-13)19(5,6)7/h10-12,20H,8-9H2,1-7H3,(H,21,22). The van der Waals surface area contributed by atoms with E-state index in [2.05, 4.69) is 41.5 Å². The largest absolute Gasteiger partial charge is 0.507 e. The molecule has 1 aromatic carbocycles. The van der Waals surface area contributed by atoms with Crippen molar-refractivity contribution in [2.45, 2.75) is 72.1 Å². The number of phenolic OH excluding ortho intramolecular Hbond substituents is 1. The minimum atomic E-state index is -0.758. The van der Waals surface area contributed by atoms with E-state index in [0.29, 0.717) is 18.6 Å². The Morgan fingerprint density at radius 2 is 1.45 bits per heavy atom. The number of carboxylic acids is 1. The maximum Gasteiger partial charge on any atom is 0.306 e. The van der Waals surface area contributed by atoms with Crippen molar-refractivity contribution in [3.05, 3.63) is 28.8 Å². The van der Waals surface area contributed by atoms with Crippen molar-refractivity contribution in [3.8, 4) is 5.75 Å². The molecule has 2 N–H and O–H groups in total. The first-order valence-corrected chi connectivity index (χ1v) is 7.93. The summed E-state index contributed by atoms with van der Waals surface area (Å²) in [5.74, 6) is -0.745. The van der Waals surface area contributed by atoms with Crippen molar-refractivity contribution >= 4 is 5.97 Å². The molecule has 1 aromatic rings. The molecule has 0 amide bonds. The number of hydrogen-bond donors (Lipinski definition) is 2. The van der Waals surface area contributed by atoms with E-state index in [1.165, 1.54) is 0 Å². The van der Waals surface area contributed by atoms with Crippen molar-refractivity contribution < 1.29 is 15.0 Å². The number of hydrogen-bond acceptors (Lipinski definition) is 2. The third-order valence-corrected chi connectivity index (χ3v) is 4.07. The molecule has 0 heterocycles. The van der Waals surface area contributed by atoms with Gasteiger partial charge in [-0.25, -0.2) is 0 Å². The van der Waals surface area contributed by atoms with Gasteiger partial charge in [-0.15, -0.1) is 0 Å². The highest BCUT2D eigenvalue weighted by Crippen LogP contribution is 2.40. The summed E-state index contributed by atoms with van der Waals surface area (Å²) in [6.45, 7) is 14.2. The molecule has 0 fully saturated rings. The summed E-state index contributed by atoms with van der Waals surface area (Å²) in [6.07, 6.45) is 1.31. The number of rotatable bonds is 4. The van der Waals surface area contributed by atoms with Crippen LogP contribution in [0.3, 0.4) is 0 Å². The van der Waals surface area contributed by atoms with E-state index < -0.39 is 5.97 Å². The minimum Gasteiger partial charge on any atom is -0.507 e. The summed E-state index contributed by atoms with van der Waals surface area (Å²) in [5.41, 5.74) is 2.65. The molecule has 124 valence electrons. The van der Waals surface area contributed by atoms with E-state index >= 15 is 0 Å². The Hall–Kier alpha value is -1.51. The Labute approximate surface area is 134 Å². The van der Waals surface area contributed by atoms with Crippen LogP contribution in [0.4, 0.5) is 0 Å². The fourth-order valence-corrected chi connectivity index (χ4v) is 2.49. The lowest BCUT2D eigenvalue weighted by molar-refractivity contribution is -0.141. The van der Waals surface area contributed by atoms with Crippen molar-refractivity contribution in [1.82, 2.24) is 0 Å². The van der Waals surface area contributed by atoms with Gasteiger partial charge in [-0.05, 0) is 40.4 Å². The first-order valence-electron chi connectivity index (χ1n) is 7.93. The molecule has 0 saturated heterocycles. The Morgan fingerprint density at radius 3 is 1.77 bits per heavy atom. The zero-order chi connectivity index (χ0) is 17.3. The predicted molar refractivity (Wildman–Crippen MR) is 90.6 cm³/mol. The first kappa shape index (κ1) is 18.5. The quantitative estimate of drug-likeness (QED) is 0.852. The van der Waals surface area contributed by atoms with Crippen molar-refractivity contribution in [2.75, 3.05) is 0 Å². The number of carbonyl (C=O) groups is 1. The second kappa shape index (κ2) is 6.31. The molecule has 0 bridgehead atoms. The van der Waals surface area contributed by atoms with E-state index in [9.17, 15) is 9.90 Å². The maximum atomic E-state index is 11.0. The van der Waals surface area contributed by atoms with Crippen LogP contribution < -0.4 is 0 Å². The topological polar surface area (TPSA) is 57.5 Å². The zero-order valence-electron chi connectivity index (χ0n) is 14.9. The summed E-state index contributed by atoms with van der Waals surface area (Å²) in [5, 5.41) is 19.7. The van der Waals surface area contributed by atoms with Gasteiger partial charge in [-0.2, -0.15) is 0 Å². The average Bonchev–Trinajstić information content (AvgIpc) is 2.33. The third-order valence-electron chi connectivity index (χ3n) is 4.07. The molecule has 0 aromatic heterocycles. The van der Waals surface area contributed by atoms with Gasteiger partial charge < -0.3 is 10.2 Å². The molecule has 1 unspecified atom stereocenters. The summed E-state index contributed by atoms with van der Waals surface area (Å²) < 4.78 is 0. The Kier molecular flexibility index (Phi) is 5.32. The highest BCUT2D eigenvalue weighted by Gasteiger charge is 2.26. The molecule has 0 aliphatic heterocycles. The number of aromatic hydroxyl groups is 1. The van der Waals surface area contributed by atoms with Crippen LogP contribution in [0, 0.1) is 5.92 Å². The predicted octanol–water partition coefficient (Wildman–Crippen LogP) is 4.64. The lowest BCUT2D eigenvalue weighted by atomic mass is 9.78. The Bertz CT molecular complexity index is 510. The second-order valence-corrected chi connectivity index (χ2v) is 8.32. The fourth-order valence-electron chi connectivity index (χ4n) is 2.49. The molecule has 0 spiro atoms. The summed E-state index contributed by atoms with van der Waals surface area (Å²) in [4.78, 5) is 11.0. The van der Waals surface area contributed by atoms with Gasteiger partial charge >= 0.3 is 5.97 Å². The third kappa shape index (κ3) is 4.49. The molecule has 3 nitrogen and oxygen atoms in total. The normalized spacial score (nSPS) is 14.0.